The third kappa shape index (κ3) is 4.27. The number of nitrogens with zero attached hydrogens (tertiary/aromatic N) is 3. The molecule has 0 radical (unpaired) electrons. The highest BCUT2D eigenvalue weighted by Crippen LogP contribution is 2.48. The lowest BCUT2D eigenvalue weighted by atomic mass is 9.96. The van der Waals surface area contributed by atoms with E-state index >= 15 is 0 Å². The van der Waals surface area contributed by atoms with E-state index in [2.05, 4.69) is 158 Å². The van der Waals surface area contributed by atoms with E-state index in [1.165, 1.54) is 63.4 Å². The number of allylic oxidation sites excluding steroid dienone is 2. The fourth-order valence-corrected chi connectivity index (χ4v) is 9.91. The van der Waals surface area contributed by atoms with Crippen LogP contribution in [0, 0.1) is 6.92 Å². The van der Waals surface area contributed by atoms with E-state index in [9.17, 15) is 0 Å². The van der Waals surface area contributed by atoms with Gasteiger partial charge < -0.3 is 0 Å². The lowest BCUT2D eigenvalue weighted by molar-refractivity contribution is 1.08. The van der Waals surface area contributed by atoms with Gasteiger partial charge >= 0.3 is 0 Å². The van der Waals surface area contributed by atoms with Gasteiger partial charge in [0.1, 0.15) is 0 Å². The molecule has 0 aliphatic carbocycles. The van der Waals surface area contributed by atoms with Crippen LogP contribution in [-0.4, -0.2) is 14.5 Å². The van der Waals surface area contributed by atoms with Crippen LogP contribution in [0.3, 0.4) is 0 Å². The molecule has 0 bridgehead atoms. The van der Waals surface area contributed by atoms with Gasteiger partial charge in [0.15, 0.2) is 11.6 Å². The molecule has 0 fully saturated rings. The summed E-state index contributed by atoms with van der Waals surface area (Å²) in [5.74, 6) is 1.63. The van der Waals surface area contributed by atoms with Gasteiger partial charge in [-0.3, -0.25) is 4.57 Å². The Morgan fingerprint density at radius 2 is 1.22 bits per heavy atom. The van der Waals surface area contributed by atoms with Gasteiger partial charge in [-0.25, -0.2) is 9.97 Å². The van der Waals surface area contributed by atoms with Gasteiger partial charge in [-0.1, -0.05) is 134 Å². The van der Waals surface area contributed by atoms with Crippen LogP contribution in [0.4, 0.5) is 0 Å². The number of aromatic nitrogens is 3. The Hall–Kier alpha value is -5.88. The summed E-state index contributed by atoms with van der Waals surface area (Å²) >= 11 is 3.63. The summed E-state index contributed by atoms with van der Waals surface area (Å²) in [6.45, 7) is 6.26. The molecule has 4 heterocycles. The fourth-order valence-electron chi connectivity index (χ4n) is 7.53. The highest BCUT2D eigenvalue weighted by Gasteiger charge is 2.25. The third-order valence-corrected chi connectivity index (χ3v) is 12.1. The van der Waals surface area contributed by atoms with Crippen LogP contribution in [0.5, 0.6) is 0 Å². The van der Waals surface area contributed by atoms with Crippen molar-refractivity contribution in [2.45, 2.75) is 6.92 Å². The second-order valence-corrected chi connectivity index (χ2v) is 14.7. The Morgan fingerprint density at radius 1 is 0.600 bits per heavy atom. The molecule has 236 valence electrons. The predicted octanol–water partition coefficient (Wildman–Crippen LogP) is 13.2. The van der Waals surface area contributed by atoms with Crippen molar-refractivity contribution < 1.29 is 0 Å². The maximum atomic E-state index is 5.51. The van der Waals surface area contributed by atoms with Gasteiger partial charge in [0.2, 0.25) is 0 Å². The smallest absolute Gasteiger partial charge is 0.162 e. The molecular weight excluding hydrogens is 647 g/mol. The normalized spacial score (nSPS) is 12.1. The van der Waals surface area contributed by atoms with Crippen molar-refractivity contribution in [1.29, 1.82) is 0 Å². The molecule has 0 saturated carbocycles. The molecular formula is C45H29N3S2. The highest BCUT2D eigenvalue weighted by atomic mass is 32.1. The maximum Gasteiger partial charge on any atom is 0.162 e. The van der Waals surface area contributed by atoms with Crippen molar-refractivity contribution in [2.24, 2.45) is 0 Å². The Morgan fingerprint density at radius 3 is 2.00 bits per heavy atom. The summed E-state index contributed by atoms with van der Waals surface area (Å²) in [7, 11) is 0. The average molecular weight is 676 g/mol. The molecule has 0 amide bonds. The summed E-state index contributed by atoms with van der Waals surface area (Å²) in [6, 6.07) is 45.3. The Balaban J connectivity index is 1.35. The molecule has 0 atom stereocenters. The molecule has 4 aromatic heterocycles. The van der Waals surface area contributed by atoms with Crippen molar-refractivity contribution in [3.63, 3.8) is 0 Å². The van der Waals surface area contributed by atoms with Crippen LogP contribution in [0.25, 0.3) is 96.7 Å². The summed E-state index contributed by atoms with van der Waals surface area (Å²) in [5.41, 5.74) is 9.15. The first-order valence-corrected chi connectivity index (χ1v) is 18.3. The number of rotatable bonds is 5. The van der Waals surface area contributed by atoms with Gasteiger partial charge in [-0.05, 0) is 47.4 Å². The van der Waals surface area contributed by atoms with Crippen molar-refractivity contribution in [2.75, 3.05) is 0 Å². The number of aryl methyl sites for hydroxylation is 1. The van der Waals surface area contributed by atoms with E-state index in [1.54, 1.807) is 11.3 Å². The average Bonchev–Trinajstić information content (AvgIpc) is 3.85. The number of fused-ring (bicyclic) bond motifs is 10. The largest absolute Gasteiger partial charge is 0.291 e. The lowest BCUT2D eigenvalue weighted by Crippen LogP contribution is -2.02. The SMILES string of the molecule is C=C/C=C\c1c(C)c2c3ccccc3n(-c3nc(-c4ccc(-c5ccccc5)cc4)nc4c3sc3ccccc34)c2c2sc3ccccc3c12. The summed E-state index contributed by atoms with van der Waals surface area (Å²) in [6.07, 6.45) is 6.14. The topological polar surface area (TPSA) is 30.7 Å². The Bertz CT molecular complexity index is 3000. The molecule has 0 unspecified atom stereocenters. The molecule has 0 N–H and O–H groups in total. The molecule has 50 heavy (non-hydrogen) atoms. The van der Waals surface area contributed by atoms with Crippen molar-refractivity contribution in [3.05, 3.63) is 157 Å². The van der Waals surface area contributed by atoms with Gasteiger partial charge in [0.25, 0.3) is 0 Å². The minimum absolute atomic E-state index is 0.719. The first-order chi connectivity index (χ1) is 24.7. The zero-order valence-corrected chi connectivity index (χ0v) is 28.9. The number of hydrogen-bond donors (Lipinski definition) is 0. The zero-order chi connectivity index (χ0) is 33.3. The highest BCUT2D eigenvalue weighted by molar-refractivity contribution is 7.27. The van der Waals surface area contributed by atoms with Crippen LogP contribution >= 0.6 is 22.7 Å². The van der Waals surface area contributed by atoms with Crippen molar-refractivity contribution >= 4 is 91.0 Å². The predicted molar refractivity (Wildman–Crippen MR) is 217 cm³/mol. The molecule has 0 spiro atoms. The minimum Gasteiger partial charge on any atom is -0.291 e. The standard InChI is InChI=1S/C45H29N3S2/c1-3-4-16-31-27(2)38-32-17-8-11-20-35(32)48(41(38)42-39(31)33-18-9-12-21-36(33)49-42)45-43-40(34-19-10-13-22-37(34)50-43)46-44(47-45)30-25-23-29(24-26-30)28-14-6-5-7-15-28/h3-26H,1H2,2H3/b16-4-. The summed E-state index contributed by atoms with van der Waals surface area (Å²) in [5, 5.41) is 6.17. The number of hydrogen-bond acceptors (Lipinski definition) is 4. The molecule has 3 nitrogen and oxygen atoms in total. The van der Waals surface area contributed by atoms with E-state index in [0.717, 1.165) is 38.3 Å². The monoisotopic (exact) mass is 675 g/mol. The quantitative estimate of drug-likeness (QED) is 0.170. The second-order valence-electron chi connectivity index (χ2n) is 12.6. The number of para-hydroxylation sites is 1. The molecule has 0 saturated heterocycles. The van der Waals surface area contributed by atoms with E-state index in [1.807, 2.05) is 17.4 Å². The van der Waals surface area contributed by atoms with Gasteiger partial charge in [-0.2, -0.15) is 0 Å². The van der Waals surface area contributed by atoms with Crippen molar-refractivity contribution in [3.8, 4) is 28.3 Å². The third-order valence-electron chi connectivity index (χ3n) is 9.80. The maximum absolute atomic E-state index is 5.51. The molecule has 10 aromatic rings. The van der Waals surface area contributed by atoms with E-state index < -0.39 is 0 Å². The van der Waals surface area contributed by atoms with Gasteiger partial charge in [0, 0.05) is 41.9 Å². The summed E-state index contributed by atoms with van der Waals surface area (Å²) < 4.78 is 7.25. The first-order valence-electron chi connectivity index (χ1n) is 16.7. The van der Waals surface area contributed by atoms with Crippen LogP contribution < -0.4 is 0 Å². The number of thiophene rings is 2. The zero-order valence-electron chi connectivity index (χ0n) is 27.2. The Labute approximate surface area is 296 Å². The van der Waals surface area contributed by atoms with Crippen molar-refractivity contribution in [1.82, 2.24) is 14.5 Å². The molecule has 10 rings (SSSR count). The van der Waals surface area contributed by atoms with E-state index in [4.69, 9.17) is 9.97 Å². The van der Waals surface area contributed by atoms with E-state index in [0.29, 0.717) is 0 Å². The summed E-state index contributed by atoms with van der Waals surface area (Å²) in [4.78, 5) is 10.8. The van der Waals surface area contributed by atoms with Crippen LogP contribution in [0.15, 0.2) is 146 Å². The number of benzene rings is 6. The van der Waals surface area contributed by atoms with Gasteiger partial charge in [-0.15, -0.1) is 22.7 Å². The molecule has 0 aliphatic heterocycles. The fraction of sp³-hybridized carbons (Fsp3) is 0.0222. The van der Waals surface area contributed by atoms with Crippen LogP contribution in [0.2, 0.25) is 0 Å². The van der Waals surface area contributed by atoms with E-state index in [-0.39, 0.29) is 0 Å². The second kappa shape index (κ2) is 11.3. The minimum atomic E-state index is 0.719. The molecule has 0 aliphatic rings. The first kappa shape index (κ1) is 29.1. The molecule has 5 heteroatoms. The van der Waals surface area contributed by atoms with Gasteiger partial charge in [0.05, 0.1) is 25.9 Å². The van der Waals surface area contributed by atoms with Crippen LogP contribution in [-0.2, 0) is 0 Å². The lowest BCUT2D eigenvalue weighted by Gasteiger charge is -2.13. The molecule has 6 aromatic carbocycles. The van der Waals surface area contributed by atoms with Crippen LogP contribution in [0.1, 0.15) is 11.1 Å². The Kier molecular flexibility index (Phi) is 6.60.